The molecule has 1 heterocycles. The lowest BCUT2D eigenvalue weighted by Gasteiger charge is -2.46. The molecule has 4 amide bonds. The Bertz CT molecular complexity index is 689. The molecular formula is C18H22N2O5. The zero-order chi connectivity index (χ0) is 18.2. The largest absolute Gasteiger partial charge is 0.443 e. The van der Waals surface area contributed by atoms with Crippen LogP contribution in [-0.2, 0) is 20.9 Å². The minimum Gasteiger partial charge on any atom is -0.443 e. The van der Waals surface area contributed by atoms with Crippen LogP contribution < -0.4 is 5.32 Å². The summed E-state index contributed by atoms with van der Waals surface area (Å²) in [6.45, 7) is 5.54. The lowest BCUT2D eigenvalue weighted by molar-refractivity contribution is -0.143. The highest BCUT2D eigenvalue weighted by Crippen LogP contribution is 2.43. The minimum atomic E-state index is -1.19. The Balaban J connectivity index is 1.65. The fourth-order valence-corrected chi connectivity index (χ4v) is 3.10. The van der Waals surface area contributed by atoms with Gasteiger partial charge in [-0.25, -0.2) is 14.5 Å². The van der Waals surface area contributed by atoms with Crippen LogP contribution in [-0.4, -0.2) is 40.2 Å². The van der Waals surface area contributed by atoms with E-state index in [1.54, 1.807) is 20.8 Å². The van der Waals surface area contributed by atoms with E-state index in [9.17, 15) is 14.4 Å². The van der Waals surface area contributed by atoms with Gasteiger partial charge in [0.25, 0.3) is 5.91 Å². The topological polar surface area (TPSA) is 84.9 Å². The van der Waals surface area contributed by atoms with Crippen molar-refractivity contribution in [3.8, 4) is 0 Å². The van der Waals surface area contributed by atoms with Crippen molar-refractivity contribution < 1.29 is 23.9 Å². The van der Waals surface area contributed by atoms with Crippen molar-refractivity contribution in [2.75, 3.05) is 0 Å². The van der Waals surface area contributed by atoms with Gasteiger partial charge in [-0.15, -0.1) is 0 Å². The van der Waals surface area contributed by atoms with Gasteiger partial charge < -0.3 is 9.47 Å². The lowest BCUT2D eigenvalue weighted by atomic mass is 9.73. The van der Waals surface area contributed by atoms with Gasteiger partial charge in [0.2, 0.25) is 0 Å². The molecule has 134 valence electrons. The van der Waals surface area contributed by atoms with Crippen LogP contribution in [0.4, 0.5) is 9.59 Å². The molecule has 1 N–H and O–H groups in total. The molecule has 25 heavy (non-hydrogen) atoms. The molecule has 0 atom stereocenters. The summed E-state index contributed by atoms with van der Waals surface area (Å²) in [5.74, 6) is -0.470. The Morgan fingerprint density at radius 1 is 1.24 bits per heavy atom. The van der Waals surface area contributed by atoms with Crippen LogP contribution in [0.15, 0.2) is 30.3 Å². The van der Waals surface area contributed by atoms with E-state index < -0.39 is 29.2 Å². The molecule has 1 aliphatic carbocycles. The Hall–Kier alpha value is -2.41. The number of hydrogen-bond donors (Lipinski definition) is 1. The maximum atomic E-state index is 12.4. The first kappa shape index (κ1) is 17.4. The van der Waals surface area contributed by atoms with Gasteiger partial charge in [-0.1, -0.05) is 30.3 Å². The van der Waals surface area contributed by atoms with E-state index in [0.29, 0.717) is 6.61 Å². The molecule has 7 nitrogen and oxygen atoms in total. The highest BCUT2D eigenvalue weighted by atomic mass is 16.6. The van der Waals surface area contributed by atoms with Crippen molar-refractivity contribution in [3.63, 3.8) is 0 Å². The molecular weight excluding hydrogens is 324 g/mol. The summed E-state index contributed by atoms with van der Waals surface area (Å²) in [5, 5.41) is 2.21. The molecule has 7 heteroatoms. The highest BCUT2D eigenvalue weighted by Gasteiger charge is 2.64. The number of hydrogen-bond acceptors (Lipinski definition) is 5. The fourth-order valence-electron chi connectivity index (χ4n) is 3.10. The maximum Gasteiger partial charge on any atom is 0.419 e. The first-order chi connectivity index (χ1) is 11.7. The standard InChI is InChI=1S/C18H22N2O5/c1-17(2,3)25-16(23)20-15(22)19-14(21)18(20)9-13(10-18)24-11-12-7-5-4-6-8-12/h4-8,13H,9-11H2,1-3H3,(H,19,21,22). The number of nitrogens with one attached hydrogen (secondary N) is 1. The third-order valence-corrected chi connectivity index (χ3v) is 4.31. The van der Waals surface area contributed by atoms with Crippen LogP contribution in [0, 0.1) is 0 Å². The molecule has 1 aromatic carbocycles. The minimum absolute atomic E-state index is 0.193. The van der Waals surface area contributed by atoms with Crippen LogP contribution in [0.2, 0.25) is 0 Å². The summed E-state index contributed by atoms with van der Waals surface area (Å²) in [5.41, 5.74) is -0.919. The second-order valence-electron chi connectivity index (χ2n) is 7.43. The monoisotopic (exact) mass is 346 g/mol. The van der Waals surface area contributed by atoms with Crippen LogP contribution in [0.25, 0.3) is 0 Å². The summed E-state index contributed by atoms with van der Waals surface area (Å²) >= 11 is 0. The molecule has 0 aromatic heterocycles. The number of nitrogens with zero attached hydrogens (tertiary/aromatic N) is 1. The van der Waals surface area contributed by atoms with Crippen molar-refractivity contribution >= 4 is 18.0 Å². The molecule has 0 unspecified atom stereocenters. The zero-order valence-corrected chi connectivity index (χ0v) is 14.6. The normalized spacial score (nSPS) is 25.7. The van der Waals surface area contributed by atoms with Gasteiger partial charge in [-0.05, 0) is 26.3 Å². The Labute approximate surface area is 146 Å². The van der Waals surface area contributed by atoms with E-state index in [-0.39, 0.29) is 18.9 Å². The van der Waals surface area contributed by atoms with Gasteiger partial charge in [-0.3, -0.25) is 10.1 Å². The Morgan fingerprint density at radius 3 is 2.48 bits per heavy atom. The number of carbonyl (C=O) groups excluding carboxylic acids is 3. The summed E-state index contributed by atoms with van der Waals surface area (Å²) < 4.78 is 11.1. The average molecular weight is 346 g/mol. The number of amides is 4. The average Bonchev–Trinajstić information content (AvgIpc) is 2.74. The van der Waals surface area contributed by atoms with Crippen LogP contribution in [0.3, 0.4) is 0 Å². The second kappa shape index (κ2) is 6.15. The SMILES string of the molecule is CC(C)(C)OC(=O)N1C(=O)NC(=O)C12CC(OCc1ccccc1)C2. The van der Waals surface area contributed by atoms with E-state index in [1.165, 1.54) is 0 Å². The fraction of sp³-hybridized carbons (Fsp3) is 0.500. The number of ether oxygens (including phenoxy) is 2. The molecule has 1 spiro atoms. The lowest BCUT2D eigenvalue weighted by Crippen LogP contribution is -2.63. The number of carbonyl (C=O) groups is 3. The first-order valence-electron chi connectivity index (χ1n) is 8.25. The van der Waals surface area contributed by atoms with Crippen molar-refractivity contribution in [3.05, 3.63) is 35.9 Å². The first-order valence-corrected chi connectivity index (χ1v) is 8.25. The molecule has 0 radical (unpaired) electrons. The van der Waals surface area contributed by atoms with Gasteiger partial charge in [0.05, 0.1) is 12.7 Å². The van der Waals surface area contributed by atoms with Gasteiger partial charge in [-0.2, -0.15) is 0 Å². The van der Waals surface area contributed by atoms with Crippen molar-refractivity contribution in [2.24, 2.45) is 0 Å². The Morgan fingerprint density at radius 2 is 1.88 bits per heavy atom. The van der Waals surface area contributed by atoms with Crippen molar-refractivity contribution in [1.82, 2.24) is 10.2 Å². The summed E-state index contributed by atoms with van der Waals surface area (Å²) in [6, 6.07) is 8.94. The third-order valence-electron chi connectivity index (χ3n) is 4.31. The Kier molecular flexibility index (Phi) is 4.28. The second-order valence-corrected chi connectivity index (χ2v) is 7.43. The zero-order valence-electron chi connectivity index (χ0n) is 14.6. The summed E-state index contributed by atoms with van der Waals surface area (Å²) in [6.07, 6.45) is -0.452. The van der Waals surface area contributed by atoms with Crippen molar-refractivity contribution in [1.29, 1.82) is 0 Å². The predicted molar refractivity (Wildman–Crippen MR) is 88.6 cm³/mol. The summed E-state index contributed by atoms with van der Waals surface area (Å²) in [4.78, 5) is 37.6. The molecule has 2 fully saturated rings. The van der Waals surface area contributed by atoms with Gasteiger partial charge in [0.1, 0.15) is 11.1 Å². The highest BCUT2D eigenvalue weighted by molar-refractivity contribution is 6.13. The quantitative estimate of drug-likeness (QED) is 0.850. The van der Waals surface area contributed by atoms with E-state index in [4.69, 9.17) is 9.47 Å². The van der Waals surface area contributed by atoms with Crippen LogP contribution >= 0.6 is 0 Å². The van der Waals surface area contributed by atoms with E-state index in [1.807, 2.05) is 30.3 Å². The molecule has 1 saturated heterocycles. The van der Waals surface area contributed by atoms with E-state index in [2.05, 4.69) is 5.32 Å². The predicted octanol–water partition coefficient (Wildman–Crippen LogP) is 2.59. The van der Waals surface area contributed by atoms with Gasteiger partial charge in [0, 0.05) is 12.8 Å². The maximum absolute atomic E-state index is 12.4. The smallest absolute Gasteiger partial charge is 0.419 e. The molecule has 2 aliphatic rings. The van der Waals surface area contributed by atoms with Gasteiger partial charge >= 0.3 is 12.1 Å². The number of benzene rings is 1. The van der Waals surface area contributed by atoms with E-state index in [0.717, 1.165) is 10.5 Å². The molecule has 1 saturated carbocycles. The van der Waals surface area contributed by atoms with Crippen LogP contribution in [0.1, 0.15) is 39.2 Å². The van der Waals surface area contributed by atoms with Gasteiger partial charge in [0.15, 0.2) is 0 Å². The molecule has 1 aromatic rings. The molecule has 0 bridgehead atoms. The summed E-state index contributed by atoms with van der Waals surface area (Å²) in [7, 11) is 0. The number of rotatable bonds is 3. The van der Waals surface area contributed by atoms with E-state index >= 15 is 0 Å². The third kappa shape index (κ3) is 3.37. The number of imide groups is 2. The van der Waals surface area contributed by atoms with Crippen LogP contribution in [0.5, 0.6) is 0 Å². The molecule has 3 rings (SSSR count). The molecule has 1 aliphatic heterocycles. The van der Waals surface area contributed by atoms with Crippen molar-refractivity contribution in [2.45, 2.75) is 57.5 Å². The number of urea groups is 1.